The zero-order valence-electron chi connectivity index (χ0n) is 9.87. The van der Waals surface area contributed by atoms with Crippen molar-refractivity contribution in [3.05, 3.63) is 18.5 Å². The van der Waals surface area contributed by atoms with E-state index in [9.17, 15) is 4.79 Å². The van der Waals surface area contributed by atoms with Gasteiger partial charge >= 0.3 is 0 Å². The standard InChI is InChI=1S/C11H18N4O2/c1-8(5-15-4-2-3-13-15)14-11(16)9-6-17-7-10(9)12/h2-4,8-10H,5-7,12H2,1H3,(H,14,16). The summed E-state index contributed by atoms with van der Waals surface area (Å²) < 4.78 is 6.96. The van der Waals surface area contributed by atoms with Crippen molar-refractivity contribution in [1.29, 1.82) is 0 Å². The van der Waals surface area contributed by atoms with Crippen molar-refractivity contribution in [2.45, 2.75) is 25.6 Å². The van der Waals surface area contributed by atoms with Crippen molar-refractivity contribution >= 4 is 5.91 Å². The first-order valence-corrected chi connectivity index (χ1v) is 5.78. The summed E-state index contributed by atoms with van der Waals surface area (Å²) in [7, 11) is 0. The van der Waals surface area contributed by atoms with E-state index in [2.05, 4.69) is 10.4 Å². The average molecular weight is 238 g/mol. The lowest BCUT2D eigenvalue weighted by Crippen LogP contribution is -2.45. The van der Waals surface area contributed by atoms with Crippen molar-refractivity contribution in [3.8, 4) is 0 Å². The molecular formula is C11H18N4O2. The van der Waals surface area contributed by atoms with Gasteiger partial charge in [-0.25, -0.2) is 0 Å². The molecule has 1 aromatic rings. The zero-order chi connectivity index (χ0) is 12.3. The van der Waals surface area contributed by atoms with Crippen LogP contribution < -0.4 is 11.1 Å². The van der Waals surface area contributed by atoms with Crippen LogP contribution in [0.25, 0.3) is 0 Å². The fourth-order valence-electron chi connectivity index (χ4n) is 1.93. The normalized spacial score (nSPS) is 25.8. The highest BCUT2D eigenvalue weighted by atomic mass is 16.5. The van der Waals surface area contributed by atoms with E-state index in [0.717, 1.165) is 0 Å². The summed E-state index contributed by atoms with van der Waals surface area (Å²) in [5.74, 6) is -0.260. The molecule has 0 aliphatic carbocycles. The number of hydrogen-bond acceptors (Lipinski definition) is 4. The molecule has 0 bridgehead atoms. The van der Waals surface area contributed by atoms with Gasteiger partial charge in [0, 0.05) is 24.5 Å². The molecule has 0 radical (unpaired) electrons. The van der Waals surface area contributed by atoms with Crippen LogP contribution in [0, 0.1) is 5.92 Å². The zero-order valence-corrected chi connectivity index (χ0v) is 9.87. The van der Waals surface area contributed by atoms with Crippen LogP contribution in [0.3, 0.4) is 0 Å². The lowest BCUT2D eigenvalue weighted by molar-refractivity contribution is -0.125. The Hall–Kier alpha value is -1.40. The Morgan fingerprint density at radius 3 is 3.12 bits per heavy atom. The number of nitrogens with two attached hydrogens (primary N) is 1. The molecule has 2 rings (SSSR count). The van der Waals surface area contributed by atoms with Gasteiger partial charge in [-0.3, -0.25) is 9.48 Å². The summed E-state index contributed by atoms with van der Waals surface area (Å²) >= 11 is 0. The van der Waals surface area contributed by atoms with Gasteiger partial charge in [-0.15, -0.1) is 0 Å². The highest BCUT2D eigenvalue weighted by Crippen LogP contribution is 2.11. The number of nitrogens with one attached hydrogen (secondary N) is 1. The predicted molar refractivity (Wildman–Crippen MR) is 62.1 cm³/mol. The van der Waals surface area contributed by atoms with Crippen LogP contribution in [-0.4, -0.2) is 41.0 Å². The van der Waals surface area contributed by atoms with Gasteiger partial charge in [-0.2, -0.15) is 5.10 Å². The van der Waals surface area contributed by atoms with Crippen molar-refractivity contribution in [2.24, 2.45) is 11.7 Å². The van der Waals surface area contributed by atoms with Gasteiger partial charge in [0.15, 0.2) is 0 Å². The highest BCUT2D eigenvalue weighted by molar-refractivity contribution is 5.80. The average Bonchev–Trinajstić information content (AvgIpc) is 2.88. The molecule has 1 saturated heterocycles. The second kappa shape index (κ2) is 5.29. The SMILES string of the molecule is CC(Cn1cccn1)NC(=O)C1COCC1N. The van der Waals surface area contributed by atoms with E-state index < -0.39 is 0 Å². The largest absolute Gasteiger partial charge is 0.379 e. The van der Waals surface area contributed by atoms with E-state index >= 15 is 0 Å². The quantitative estimate of drug-likeness (QED) is 0.731. The van der Waals surface area contributed by atoms with E-state index in [0.29, 0.717) is 19.8 Å². The minimum atomic E-state index is -0.227. The molecule has 0 spiro atoms. The molecule has 0 aromatic carbocycles. The number of amides is 1. The number of aromatic nitrogens is 2. The molecule has 1 aliphatic heterocycles. The van der Waals surface area contributed by atoms with Crippen LogP contribution in [0.1, 0.15) is 6.92 Å². The van der Waals surface area contributed by atoms with Crippen LogP contribution in [0.4, 0.5) is 0 Å². The number of nitrogens with zero attached hydrogens (tertiary/aromatic N) is 2. The third-order valence-electron chi connectivity index (χ3n) is 2.87. The second-order valence-electron chi connectivity index (χ2n) is 4.45. The first-order chi connectivity index (χ1) is 8.16. The molecule has 0 saturated carbocycles. The number of ether oxygens (including phenoxy) is 1. The molecule has 3 atom stereocenters. The van der Waals surface area contributed by atoms with Crippen molar-refractivity contribution in [3.63, 3.8) is 0 Å². The van der Waals surface area contributed by atoms with E-state index in [1.165, 1.54) is 0 Å². The van der Waals surface area contributed by atoms with E-state index in [4.69, 9.17) is 10.5 Å². The lowest BCUT2D eigenvalue weighted by atomic mass is 10.0. The maximum Gasteiger partial charge on any atom is 0.227 e. The Morgan fingerprint density at radius 2 is 2.53 bits per heavy atom. The Labute approximate surface area is 100 Å². The maximum atomic E-state index is 11.9. The first-order valence-electron chi connectivity index (χ1n) is 5.78. The molecule has 2 heterocycles. The van der Waals surface area contributed by atoms with Gasteiger partial charge in [-0.1, -0.05) is 0 Å². The number of carbonyl (C=O) groups excluding carboxylic acids is 1. The van der Waals surface area contributed by atoms with Crippen LogP contribution >= 0.6 is 0 Å². The first kappa shape index (κ1) is 12.1. The maximum absolute atomic E-state index is 11.9. The fourth-order valence-corrected chi connectivity index (χ4v) is 1.93. The molecule has 17 heavy (non-hydrogen) atoms. The summed E-state index contributed by atoms with van der Waals surface area (Å²) in [6.07, 6.45) is 3.59. The minimum absolute atomic E-state index is 0.0233. The van der Waals surface area contributed by atoms with Crippen LogP contribution in [-0.2, 0) is 16.1 Å². The Kier molecular flexibility index (Phi) is 3.75. The van der Waals surface area contributed by atoms with Crippen molar-refractivity contribution in [2.75, 3.05) is 13.2 Å². The van der Waals surface area contributed by atoms with Gasteiger partial charge in [0.1, 0.15) is 0 Å². The van der Waals surface area contributed by atoms with Crippen molar-refractivity contribution in [1.82, 2.24) is 15.1 Å². The fraction of sp³-hybridized carbons (Fsp3) is 0.636. The van der Waals surface area contributed by atoms with Crippen molar-refractivity contribution < 1.29 is 9.53 Å². The third-order valence-corrected chi connectivity index (χ3v) is 2.87. The van der Waals surface area contributed by atoms with Gasteiger partial charge in [0.25, 0.3) is 0 Å². The number of hydrogen-bond donors (Lipinski definition) is 2. The molecule has 3 N–H and O–H groups in total. The van der Waals surface area contributed by atoms with E-state index in [1.54, 1.807) is 10.9 Å². The second-order valence-corrected chi connectivity index (χ2v) is 4.45. The number of rotatable bonds is 4. The molecular weight excluding hydrogens is 220 g/mol. The van der Waals surface area contributed by atoms with Crippen LogP contribution in [0.5, 0.6) is 0 Å². The molecule has 3 unspecified atom stereocenters. The van der Waals surface area contributed by atoms with Gasteiger partial charge < -0.3 is 15.8 Å². The summed E-state index contributed by atoms with van der Waals surface area (Å²) in [6, 6.07) is 1.69. The molecule has 1 amide bonds. The lowest BCUT2D eigenvalue weighted by Gasteiger charge is -2.18. The minimum Gasteiger partial charge on any atom is -0.379 e. The Morgan fingerprint density at radius 1 is 1.71 bits per heavy atom. The van der Waals surface area contributed by atoms with Crippen LogP contribution in [0.15, 0.2) is 18.5 Å². The predicted octanol–water partition coefficient (Wildman–Crippen LogP) is -0.638. The van der Waals surface area contributed by atoms with Gasteiger partial charge in [0.2, 0.25) is 5.91 Å². The molecule has 1 aromatic heterocycles. The Balaban J connectivity index is 1.82. The highest BCUT2D eigenvalue weighted by Gasteiger charge is 2.31. The number of carbonyl (C=O) groups is 1. The molecule has 1 fully saturated rings. The monoisotopic (exact) mass is 238 g/mol. The summed E-state index contributed by atoms with van der Waals surface area (Å²) in [6.45, 7) is 3.48. The summed E-state index contributed by atoms with van der Waals surface area (Å²) in [4.78, 5) is 11.9. The molecule has 1 aliphatic rings. The topological polar surface area (TPSA) is 82.2 Å². The third kappa shape index (κ3) is 3.04. The Bertz CT molecular complexity index is 366. The summed E-state index contributed by atoms with van der Waals surface area (Å²) in [5, 5.41) is 7.02. The van der Waals surface area contributed by atoms with E-state index in [1.807, 2.05) is 19.2 Å². The van der Waals surface area contributed by atoms with E-state index in [-0.39, 0.29) is 23.9 Å². The summed E-state index contributed by atoms with van der Waals surface area (Å²) in [5.41, 5.74) is 5.79. The smallest absolute Gasteiger partial charge is 0.227 e. The molecule has 94 valence electrons. The molecule has 6 nitrogen and oxygen atoms in total. The molecule has 6 heteroatoms. The van der Waals surface area contributed by atoms with Crippen LogP contribution in [0.2, 0.25) is 0 Å². The van der Waals surface area contributed by atoms with Gasteiger partial charge in [0.05, 0.1) is 25.7 Å². The van der Waals surface area contributed by atoms with Gasteiger partial charge in [-0.05, 0) is 13.0 Å².